The summed E-state index contributed by atoms with van der Waals surface area (Å²) < 4.78 is 45.2. The second-order valence-corrected chi connectivity index (χ2v) is 6.84. The number of benzene rings is 1. The van der Waals surface area contributed by atoms with Crippen LogP contribution < -0.4 is 15.8 Å². The highest BCUT2D eigenvalue weighted by Gasteiger charge is 2.31. The number of carbonyl (C=O) groups excluding carboxylic acids is 1. The van der Waals surface area contributed by atoms with Crippen LogP contribution in [0.15, 0.2) is 40.9 Å². The van der Waals surface area contributed by atoms with Gasteiger partial charge >= 0.3 is 6.36 Å². The molecular weight excluding hydrogens is 383 g/mol. The Morgan fingerprint density at radius 3 is 2.56 bits per heavy atom. The van der Waals surface area contributed by atoms with Gasteiger partial charge < -0.3 is 20.3 Å². The number of amides is 1. The van der Waals surface area contributed by atoms with Crippen LogP contribution in [0.2, 0.25) is 0 Å². The van der Waals surface area contributed by atoms with Crippen molar-refractivity contribution in [2.24, 2.45) is 0 Å². The summed E-state index contributed by atoms with van der Waals surface area (Å²) in [4.78, 5) is 14.3. The van der Waals surface area contributed by atoms with Crippen LogP contribution in [0.4, 0.5) is 19.1 Å². The number of ether oxygens (including phenoxy) is 1. The number of aryl methyl sites for hydroxylation is 1. The Morgan fingerprint density at radius 1 is 1.26 bits per heavy atom. The summed E-state index contributed by atoms with van der Waals surface area (Å²) in [6.45, 7) is 2.00. The van der Waals surface area contributed by atoms with E-state index < -0.39 is 12.3 Å². The zero-order valence-electron chi connectivity index (χ0n) is 14.0. The molecule has 27 heavy (non-hydrogen) atoms. The lowest BCUT2D eigenvalue weighted by Gasteiger charge is -2.09. The van der Waals surface area contributed by atoms with Crippen molar-refractivity contribution < 1.29 is 27.2 Å². The first-order valence-electron chi connectivity index (χ1n) is 7.68. The molecule has 0 saturated carbocycles. The maximum absolute atomic E-state index is 12.5. The molecule has 10 heteroatoms. The number of anilines is 1. The minimum absolute atomic E-state index is 0.0820. The van der Waals surface area contributed by atoms with E-state index in [9.17, 15) is 18.0 Å². The minimum atomic E-state index is -4.75. The molecule has 0 unspecified atom stereocenters. The smallest absolute Gasteiger partial charge is 0.406 e. The fraction of sp³-hybridized carbons (Fsp3) is 0.176. The van der Waals surface area contributed by atoms with E-state index in [1.54, 1.807) is 0 Å². The first kappa shape index (κ1) is 18.8. The van der Waals surface area contributed by atoms with Crippen molar-refractivity contribution in [3.05, 3.63) is 52.4 Å². The van der Waals surface area contributed by atoms with E-state index in [1.165, 1.54) is 35.6 Å². The largest absolute Gasteiger partial charge is 0.573 e. The van der Waals surface area contributed by atoms with Crippen LogP contribution in [-0.2, 0) is 6.54 Å². The Kier molecular flexibility index (Phi) is 5.08. The lowest BCUT2D eigenvalue weighted by Crippen LogP contribution is -2.23. The van der Waals surface area contributed by atoms with Crippen LogP contribution >= 0.6 is 11.3 Å². The van der Waals surface area contributed by atoms with Crippen molar-refractivity contribution in [2.75, 3.05) is 5.73 Å². The van der Waals surface area contributed by atoms with Gasteiger partial charge in [-0.1, -0.05) is 17.3 Å². The summed E-state index contributed by atoms with van der Waals surface area (Å²) >= 11 is 1.44. The fourth-order valence-corrected chi connectivity index (χ4v) is 3.19. The molecule has 2 heterocycles. The number of aromatic nitrogens is 1. The molecule has 6 nitrogen and oxygen atoms in total. The van der Waals surface area contributed by atoms with E-state index in [0.29, 0.717) is 11.3 Å². The number of rotatable bonds is 5. The van der Waals surface area contributed by atoms with Crippen LogP contribution in [0.1, 0.15) is 20.8 Å². The molecule has 0 spiro atoms. The predicted octanol–water partition coefficient (Wildman–Crippen LogP) is 4.12. The Bertz CT molecular complexity index is 948. The first-order chi connectivity index (χ1) is 12.7. The average molecular weight is 397 g/mol. The molecule has 1 aromatic carbocycles. The number of alkyl halides is 3. The van der Waals surface area contributed by atoms with E-state index in [-0.39, 0.29) is 23.7 Å². The lowest BCUT2D eigenvalue weighted by molar-refractivity contribution is -0.274. The molecule has 1 amide bonds. The molecule has 2 aromatic heterocycles. The topological polar surface area (TPSA) is 90.4 Å². The Hall–Kier alpha value is -3.01. The number of nitrogen functional groups attached to an aromatic ring is 1. The Morgan fingerprint density at radius 2 is 1.96 bits per heavy atom. The summed E-state index contributed by atoms with van der Waals surface area (Å²) in [5.41, 5.74) is 6.77. The van der Waals surface area contributed by atoms with Crippen molar-refractivity contribution in [3.8, 4) is 16.3 Å². The number of hydrogen-bond donors (Lipinski definition) is 2. The van der Waals surface area contributed by atoms with E-state index in [4.69, 9.17) is 10.3 Å². The molecule has 142 valence electrons. The van der Waals surface area contributed by atoms with Crippen molar-refractivity contribution in [2.45, 2.75) is 19.8 Å². The molecule has 0 saturated heterocycles. The standard InChI is InChI=1S/C17H14F3N3O3S/c1-9-2-7-12(27-9)14-13(15(21)26-23-14)16(24)22-8-10-3-5-11(6-4-10)25-17(18,19)20/h2-7H,8,21H2,1H3,(H,22,24). The summed E-state index contributed by atoms with van der Waals surface area (Å²) in [7, 11) is 0. The van der Waals surface area contributed by atoms with Crippen molar-refractivity contribution in [1.82, 2.24) is 10.5 Å². The molecule has 0 aliphatic rings. The van der Waals surface area contributed by atoms with Gasteiger partial charge in [-0.2, -0.15) is 0 Å². The summed E-state index contributed by atoms with van der Waals surface area (Å²) in [6.07, 6.45) is -4.75. The van der Waals surface area contributed by atoms with Gasteiger partial charge in [0.1, 0.15) is 17.0 Å². The normalized spacial score (nSPS) is 11.4. The van der Waals surface area contributed by atoms with Gasteiger partial charge in [0.25, 0.3) is 5.91 Å². The van der Waals surface area contributed by atoms with Gasteiger partial charge in [0, 0.05) is 11.4 Å². The zero-order valence-corrected chi connectivity index (χ0v) is 14.8. The maximum atomic E-state index is 12.5. The van der Waals surface area contributed by atoms with Gasteiger partial charge in [-0.05, 0) is 36.8 Å². The second kappa shape index (κ2) is 7.31. The molecule has 3 N–H and O–H groups in total. The number of carbonyl (C=O) groups is 1. The third-order valence-corrected chi connectivity index (χ3v) is 4.54. The van der Waals surface area contributed by atoms with Crippen molar-refractivity contribution in [3.63, 3.8) is 0 Å². The monoisotopic (exact) mass is 397 g/mol. The number of hydrogen-bond acceptors (Lipinski definition) is 6. The number of nitrogens with two attached hydrogens (primary N) is 1. The molecule has 0 radical (unpaired) electrons. The van der Waals surface area contributed by atoms with Gasteiger partial charge in [-0.25, -0.2) is 0 Å². The average Bonchev–Trinajstić information content (AvgIpc) is 3.18. The van der Waals surface area contributed by atoms with Crippen LogP contribution in [0.3, 0.4) is 0 Å². The van der Waals surface area contributed by atoms with Crippen LogP contribution in [0.5, 0.6) is 5.75 Å². The van der Waals surface area contributed by atoms with Gasteiger partial charge in [-0.3, -0.25) is 4.79 Å². The number of halogens is 3. The molecule has 0 bridgehead atoms. The van der Waals surface area contributed by atoms with Gasteiger partial charge in [0.15, 0.2) is 0 Å². The van der Waals surface area contributed by atoms with E-state index in [1.807, 2.05) is 19.1 Å². The number of nitrogens with one attached hydrogen (secondary N) is 1. The SMILES string of the molecule is Cc1ccc(-c2noc(N)c2C(=O)NCc2ccc(OC(F)(F)F)cc2)s1. The summed E-state index contributed by atoms with van der Waals surface area (Å²) in [5, 5.41) is 6.50. The van der Waals surface area contributed by atoms with Crippen LogP contribution in [-0.4, -0.2) is 17.4 Å². The summed E-state index contributed by atoms with van der Waals surface area (Å²) in [6, 6.07) is 8.87. The lowest BCUT2D eigenvalue weighted by atomic mass is 10.1. The molecule has 0 atom stereocenters. The minimum Gasteiger partial charge on any atom is -0.406 e. The molecule has 0 aliphatic carbocycles. The molecule has 3 aromatic rings. The first-order valence-corrected chi connectivity index (χ1v) is 8.49. The van der Waals surface area contributed by atoms with E-state index in [2.05, 4.69) is 15.2 Å². The van der Waals surface area contributed by atoms with Crippen LogP contribution in [0, 0.1) is 6.92 Å². The highest BCUT2D eigenvalue weighted by atomic mass is 32.1. The van der Waals surface area contributed by atoms with Crippen LogP contribution in [0.25, 0.3) is 10.6 Å². The van der Waals surface area contributed by atoms with Gasteiger partial charge in [0.05, 0.1) is 4.88 Å². The van der Waals surface area contributed by atoms with E-state index in [0.717, 1.165) is 9.75 Å². The number of thiophene rings is 1. The Balaban J connectivity index is 1.69. The van der Waals surface area contributed by atoms with Gasteiger partial charge in [0.2, 0.25) is 5.88 Å². The summed E-state index contributed by atoms with van der Waals surface area (Å²) in [5.74, 6) is -0.941. The molecule has 0 aliphatic heterocycles. The maximum Gasteiger partial charge on any atom is 0.573 e. The fourth-order valence-electron chi connectivity index (χ4n) is 2.33. The zero-order chi connectivity index (χ0) is 19.6. The third kappa shape index (κ3) is 4.59. The molecule has 0 fully saturated rings. The second-order valence-electron chi connectivity index (χ2n) is 5.56. The Labute approximate surface area is 155 Å². The van der Waals surface area contributed by atoms with Crippen molar-refractivity contribution in [1.29, 1.82) is 0 Å². The highest BCUT2D eigenvalue weighted by Crippen LogP contribution is 2.32. The number of nitrogens with zero attached hydrogens (tertiary/aromatic N) is 1. The third-order valence-electron chi connectivity index (χ3n) is 3.53. The highest BCUT2D eigenvalue weighted by molar-refractivity contribution is 7.15. The quantitative estimate of drug-likeness (QED) is 0.676. The predicted molar refractivity (Wildman–Crippen MR) is 93.3 cm³/mol. The molecule has 3 rings (SSSR count). The molecular formula is C17H14F3N3O3S. The van der Waals surface area contributed by atoms with E-state index >= 15 is 0 Å². The van der Waals surface area contributed by atoms with Gasteiger partial charge in [-0.15, -0.1) is 24.5 Å². The van der Waals surface area contributed by atoms with Crippen molar-refractivity contribution >= 4 is 23.1 Å².